The second-order valence-electron chi connectivity index (χ2n) is 9.69. The number of nitrogens with zero attached hydrogens (tertiary/aromatic N) is 5. The summed E-state index contributed by atoms with van der Waals surface area (Å²) in [4.78, 5) is 17.8. The molecule has 1 aromatic carbocycles. The van der Waals surface area contributed by atoms with Gasteiger partial charge in [0.05, 0.1) is 30.3 Å². The number of hydrogen-bond donors (Lipinski definition) is 0. The lowest BCUT2D eigenvalue weighted by atomic mass is 10.1. The van der Waals surface area contributed by atoms with Gasteiger partial charge in [0.15, 0.2) is 0 Å². The summed E-state index contributed by atoms with van der Waals surface area (Å²) in [5, 5.41) is 4.21. The van der Waals surface area contributed by atoms with Gasteiger partial charge in [0.25, 0.3) is 10.0 Å². The fourth-order valence-electron chi connectivity index (χ4n) is 3.67. The summed E-state index contributed by atoms with van der Waals surface area (Å²) in [6.07, 6.45) is 6.94. The Balaban J connectivity index is 1.78. The van der Waals surface area contributed by atoms with Crippen molar-refractivity contribution in [1.29, 1.82) is 0 Å². The molecule has 0 fully saturated rings. The van der Waals surface area contributed by atoms with Crippen LogP contribution in [0.5, 0.6) is 0 Å². The van der Waals surface area contributed by atoms with E-state index in [1.54, 1.807) is 52.3 Å². The molecule has 0 aliphatic heterocycles. The molecule has 37 heavy (non-hydrogen) atoms. The van der Waals surface area contributed by atoms with Crippen molar-refractivity contribution in [2.45, 2.75) is 44.7 Å². The summed E-state index contributed by atoms with van der Waals surface area (Å²) in [5.41, 5.74) is 1.36. The summed E-state index contributed by atoms with van der Waals surface area (Å²) in [7, 11) is -2.67. The van der Waals surface area contributed by atoms with Crippen molar-refractivity contribution < 1.29 is 22.3 Å². The first-order valence-electron chi connectivity index (χ1n) is 11.5. The van der Waals surface area contributed by atoms with Crippen molar-refractivity contribution in [1.82, 2.24) is 23.6 Å². The van der Waals surface area contributed by atoms with E-state index >= 15 is 0 Å². The zero-order valence-corrected chi connectivity index (χ0v) is 22.0. The molecule has 9 nitrogen and oxygen atoms in total. The number of halogens is 1. The summed E-state index contributed by atoms with van der Waals surface area (Å²) in [6.45, 7) is 7.18. The lowest BCUT2D eigenvalue weighted by molar-refractivity contribution is 0.0285. The van der Waals surface area contributed by atoms with Gasteiger partial charge in [-0.3, -0.25) is 4.98 Å². The minimum absolute atomic E-state index is 0.0454. The van der Waals surface area contributed by atoms with Crippen LogP contribution in [0.1, 0.15) is 31.9 Å². The molecule has 4 rings (SSSR count). The predicted octanol–water partition coefficient (Wildman–Crippen LogP) is 4.79. The van der Waals surface area contributed by atoms with E-state index in [9.17, 15) is 17.6 Å². The third kappa shape index (κ3) is 5.72. The van der Waals surface area contributed by atoms with Crippen molar-refractivity contribution >= 4 is 16.1 Å². The molecule has 4 aromatic rings. The maximum atomic E-state index is 14.8. The van der Waals surface area contributed by atoms with Gasteiger partial charge in [-0.1, -0.05) is 12.1 Å². The molecule has 3 aromatic heterocycles. The molecule has 1 amide bonds. The number of aryl methyl sites for hydroxylation is 1. The summed E-state index contributed by atoms with van der Waals surface area (Å²) in [6, 6.07) is 8.90. The molecule has 0 saturated carbocycles. The molecule has 0 spiro atoms. The van der Waals surface area contributed by atoms with Crippen LogP contribution >= 0.6 is 0 Å². The molecular formula is C26H28FN5O4S. The number of aromatic nitrogens is 4. The lowest BCUT2D eigenvalue weighted by Gasteiger charge is -2.24. The smallest absolute Gasteiger partial charge is 0.410 e. The standard InChI is InChI=1S/C26H28FN5O4S/c1-18-12-29-31(15-18)20-11-21(14-28-13-20)37(34,35)32-17-19(16-30(5)25(33)36-26(2,3)4)10-24(32)22-8-6-7-9-23(22)27/h6-15,17H,16H2,1-5H3. The summed E-state index contributed by atoms with van der Waals surface area (Å²) < 4.78 is 50.4. The van der Waals surface area contributed by atoms with E-state index in [-0.39, 0.29) is 22.7 Å². The minimum Gasteiger partial charge on any atom is -0.444 e. The van der Waals surface area contributed by atoms with Crippen molar-refractivity contribution in [3.05, 3.63) is 84.3 Å². The fourth-order valence-corrected chi connectivity index (χ4v) is 5.04. The Morgan fingerprint density at radius 3 is 2.49 bits per heavy atom. The van der Waals surface area contributed by atoms with Crippen LogP contribution in [0.3, 0.4) is 0 Å². The van der Waals surface area contributed by atoms with Gasteiger partial charge in [0, 0.05) is 31.2 Å². The van der Waals surface area contributed by atoms with Crippen molar-refractivity contribution in [3.8, 4) is 16.9 Å². The van der Waals surface area contributed by atoms with Crippen molar-refractivity contribution in [3.63, 3.8) is 0 Å². The second-order valence-corrected chi connectivity index (χ2v) is 11.5. The number of pyridine rings is 1. The molecule has 0 N–H and O–H groups in total. The lowest BCUT2D eigenvalue weighted by Crippen LogP contribution is -2.33. The summed E-state index contributed by atoms with van der Waals surface area (Å²) in [5.74, 6) is -0.581. The van der Waals surface area contributed by atoms with Crippen LogP contribution in [0.25, 0.3) is 16.9 Å². The molecule has 0 atom stereocenters. The zero-order chi connectivity index (χ0) is 27.0. The highest BCUT2D eigenvalue weighted by molar-refractivity contribution is 7.90. The van der Waals surface area contributed by atoms with Gasteiger partial charge in [-0.05, 0) is 63.1 Å². The van der Waals surface area contributed by atoms with Crippen molar-refractivity contribution in [2.75, 3.05) is 7.05 Å². The highest BCUT2D eigenvalue weighted by Gasteiger charge is 2.26. The van der Waals surface area contributed by atoms with E-state index < -0.39 is 27.5 Å². The topological polar surface area (TPSA) is 99.3 Å². The van der Waals surface area contributed by atoms with E-state index in [1.807, 2.05) is 6.92 Å². The summed E-state index contributed by atoms with van der Waals surface area (Å²) >= 11 is 0. The number of carbonyl (C=O) groups excluding carboxylic acids is 1. The number of amides is 1. The highest BCUT2D eigenvalue weighted by Crippen LogP contribution is 2.30. The molecule has 0 bridgehead atoms. The Morgan fingerprint density at radius 2 is 1.84 bits per heavy atom. The molecule has 194 valence electrons. The Labute approximate surface area is 215 Å². The van der Waals surface area contributed by atoms with Crippen LogP contribution in [0.4, 0.5) is 9.18 Å². The normalized spacial score (nSPS) is 11.9. The van der Waals surface area contributed by atoms with Crippen LogP contribution < -0.4 is 0 Å². The zero-order valence-electron chi connectivity index (χ0n) is 21.2. The molecule has 0 saturated heterocycles. The Bertz CT molecular complexity index is 1550. The number of benzene rings is 1. The number of ether oxygens (including phenoxy) is 1. The first-order chi connectivity index (χ1) is 17.3. The van der Waals surface area contributed by atoms with E-state index in [1.165, 1.54) is 52.4 Å². The molecule has 0 aliphatic rings. The minimum atomic E-state index is -4.21. The largest absolute Gasteiger partial charge is 0.444 e. The van der Waals surface area contributed by atoms with Gasteiger partial charge in [-0.2, -0.15) is 5.10 Å². The molecule has 11 heteroatoms. The van der Waals surface area contributed by atoms with Crippen LogP contribution in [0, 0.1) is 12.7 Å². The van der Waals surface area contributed by atoms with Gasteiger partial charge in [0.1, 0.15) is 16.3 Å². The van der Waals surface area contributed by atoms with Crippen LogP contribution in [-0.4, -0.2) is 50.8 Å². The van der Waals surface area contributed by atoms with Crippen LogP contribution in [0.15, 0.2) is 72.3 Å². The number of hydrogen-bond acceptors (Lipinski definition) is 6. The number of rotatable bonds is 6. The van der Waals surface area contributed by atoms with Gasteiger partial charge in [0.2, 0.25) is 0 Å². The Kier molecular flexibility index (Phi) is 6.92. The predicted molar refractivity (Wildman–Crippen MR) is 136 cm³/mol. The first kappa shape index (κ1) is 26.1. The third-order valence-electron chi connectivity index (χ3n) is 5.35. The molecule has 3 heterocycles. The average Bonchev–Trinajstić information content (AvgIpc) is 3.45. The monoisotopic (exact) mass is 525 g/mol. The molecule has 0 aliphatic carbocycles. The molecule has 0 unspecified atom stereocenters. The first-order valence-corrected chi connectivity index (χ1v) is 12.9. The molecule has 0 radical (unpaired) electrons. The van der Waals surface area contributed by atoms with Gasteiger partial charge in [-0.25, -0.2) is 26.3 Å². The SMILES string of the molecule is Cc1cnn(-c2cncc(S(=O)(=O)n3cc(CN(C)C(=O)OC(C)(C)C)cc3-c3ccccc3F)c2)c1. The van der Waals surface area contributed by atoms with Gasteiger partial charge < -0.3 is 9.64 Å². The highest BCUT2D eigenvalue weighted by atomic mass is 32.2. The van der Waals surface area contributed by atoms with E-state index in [2.05, 4.69) is 10.1 Å². The Morgan fingerprint density at radius 1 is 1.11 bits per heavy atom. The van der Waals surface area contributed by atoms with E-state index in [0.29, 0.717) is 11.3 Å². The number of carbonyl (C=O) groups is 1. The van der Waals surface area contributed by atoms with Gasteiger partial charge >= 0.3 is 6.09 Å². The van der Waals surface area contributed by atoms with Gasteiger partial charge in [-0.15, -0.1) is 0 Å². The second kappa shape index (κ2) is 9.81. The van der Waals surface area contributed by atoms with Crippen LogP contribution in [0.2, 0.25) is 0 Å². The maximum Gasteiger partial charge on any atom is 0.410 e. The van der Waals surface area contributed by atoms with Crippen molar-refractivity contribution in [2.24, 2.45) is 0 Å². The molecular weight excluding hydrogens is 497 g/mol. The maximum absolute atomic E-state index is 14.8. The third-order valence-corrected chi connectivity index (χ3v) is 6.99. The van der Waals surface area contributed by atoms with E-state index in [0.717, 1.165) is 9.54 Å². The van der Waals surface area contributed by atoms with E-state index in [4.69, 9.17) is 4.74 Å². The van der Waals surface area contributed by atoms with Crippen LogP contribution in [-0.2, 0) is 21.3 Å². The Hall–Kier alpha value is -3.99. The average molecular weight is 526 g/mol. The fraction of sp³-hybridized carbons (Fsp3) is 0.269. The quantitative estimate of drug-likeness (QED) is 0.359.